The highest BCUT2D eigenvalue weighted by Crippen LogP contribution is 2.21. The highest BCUT2D eigenvalue weighted by Gasteiger charge is 2.21. The molecular weight excluding hydrogens is 256 g/mol. The second-order valence-electron chi connectivity index (χ2n) is 3.74. The lowest BCUT2D eigenvalue weighted by Gasteiger charge is -2.08. The molecule has 8 heteroatoms. The molecule has 1 rings (SSSR count). The van der Waals surface area contributed by atoms with Crippen LogP contribution < -0.4 is 5.73 Å². The molecule has 0 spiro atoms. The largest absolute Gasteiger partial charge is 0.480 e. The van der Waals surface area contributed by atoms with Crippen molar-refractivity contribution in [1.29, 1.82) is 0 Å². The van der Waals surface area contributed by atoms with Crippen molar-refractivity contribution in [3.8, 4) is 0 Å². The normalized spacial score (nSPS) is 11.7. The molecule has 1 atom stereocenters. The molecule has 1 aromatic carbocycles. The Hall–Kier alpha value is -2.48. The van der Waals surface area contributed by atoms with Crippen molar-refractivity contribution in [3.63, 3.8) is 0 Å². The highest BCUT2D eigenvalue weighted by atomic mass is 16.6. The summed E-state index contributed by atoms with van der Waals surface area (Å²) in [6, 6.07) is 2.29. The maximum absolute atomic E-state index is 11.3. The van der Waals surface area contributed by atoms with E-state index in [0.29, 0.717) is 0 Å². The summed E-state index contributed by atoms with van der Waals surface area (Å²) < 4.78 is 4.49. The standard InChI is InChI=1S/C11H12N2O6/c1-19-11(16)6-2-3-9(13(17)18)7(4-6)5-8(12)10(14)15/h2-4,8H,5,12H2,1H3,(H,14,15). The summed E-state index contributed by atoms with van der Waals surface area (Å²) in [6.45, 7) is 0. The van der Waals surface area contributed by atoms with E-state index in [1.807, 2.05) is 0 Å². The Kier molecular flexibility index (Phi) is 4.54. The number of carboxylic acid groups (broad SMARTS) is 1. The number of hydrogen-bond acceptors (Lipinski definition) is 6. The van der Waals surface area contributed by atoms with Crippen LogP contribution in [0.1, 0.15) is 15.9 Å². The van der Waals surface area contributed by atoms with Crippen molar-refractivity contribution in [1.82, 2.24) is 0 Å². The molecule has 0 saturated heterocycles. The summed E-state index contributed by atoms with van der Waals surface area (Å²) in [4.78, 5) is 32.2. The third-order valence-corrected chi connectivity index (χ3v) is 2.45. The minimum Gasteiger partial charge on any atom is -0.480 e. The predicted octanol–water partition coefficient (Wildman–Crippen LogP) is 0.336. The van der Waals surface area contributed by atoms with Crippen LogP contribution in [0.5, 0.6) is 0 Å². The van der Waals surface area contributed by atoms with Gasteiger partial charge in [0.25, 0.3) is 5.69 Å². The zero-order valence-corrected chi connectivity index (χ0v) is 10.0. The lowest BCUT2D eigenvalue weighted by Crippen LogP contribution is -2.32. The molecule has 0 fully saturated rings. The number of esters is 1. The fraction of sp³-hybridized carbons (Fsp3) is 0.273. The topological polar surface area (TPSA) is 133 Å². The van der Waals surface area contributed by atoms with Gasteiger partial charge in [0.2, 0.25) is 0 Å². The molecule has 0 heterocycles. The molecule has 0 aliphatic heterocycles. The number of nitro groups is 1. The number of carbonyl (C=O) groups is 2. The van der Waals surface area contributed by atoms with E-state index < -0.39 is 22.9 Å². The Morgan fingerprint density at radius 1 is 1.53 bits per heavy atom. The molecular formula is C11H12N2O6. The van der Waals surface area contributed by atoms with Gasteiger partial charge in [-0.2, -0.15) is 0 Å². The van der Waals surface area contributed by atoms with Gasteiger partial charge in [0.05, 0.1) is 17.6 Å². The van der Waals surface area contributed by atoms with E-state index in [1.165, 1.54) is 19.2 Å². The average Bonchev–Trinajstić information content (AvgIpc) is 2.37. The van der Waals surface area contributed by atoms with Gasteiger partial charge in [-0.15, -0.1) is 0 Å². The molecule has 8 nitrogen and oxygen atoms in total. The number of hydrogen-bond donors (Lipinski definition) is 2. The number of nitro benzene ring substituents is 1. The second-order valence-corrected chi connectivity index (χ2v) is 3.74. The Morgan fingerprint density at radius 2 is 2.16 bits per heavy atom. The number of methoxy groups -OCH3 is 1. The number of nitrogens with two attached hydrogens (primary N) is 1. The smallest absolute Gasteiger partial charge is 0.337 e. The molecule has 0 aliphatic rings. The van der Waals surface area contributed by atoms with E-state index in [2.05, 4.69) is 4.74 Å². The molecule has 0 bridgehead atoms. The summed E-state index contributed by atoms with van der Waals surface area (Å²) in [5.74, 6) is -1.95. The van der Waals surface area contributed by atoms with Gasteiger partial charge in [-0.1, -0.05) is 0 Å². The minimum absolute atomic E-state index is 0.0720. The summed E-state index contributed by atoms with van der Waals surface area (Å²) in [5, 5.41) is 19.5. The van der Waals surface area contributed by atoms with Crippen LogP contribution in [0, 0.1) is 10.1 Å². The SMILES string of the molecule is COC(=O)c1ccc([N+](=O)[O-])c(CC(N)C(=O)O)c1. The van der Waals surface area contributed by atoms with E-state index in [0.717, 1.165) is 6.07 Å². The Balaban J connectivity index is 3.19. The summed E-state index contributed by atoms with van der Waals surface area (Å²) in [6.07, 6.45) is -0.253. The van der Waals surface area contributed by atoms with E-state index in [1.54, 1.807) is 0 Å². The number of ether oxygens (including phenoxy) is 1. The monoisotopic (exact) mass is 268 g/mol. The van der Waals surface area contributed by atoms with Crippen molar-refractivity contribution < 1.29 is 24.4 Å². The first-order valence-corrected chi connectivity index (χ1v) is 5.20. The maximum atomic E-state index is 11.3. The van der Waals surface area contributed by atoms with Gasteiger partial charge in [-0.3, -0.25) is 14.9 Å². The van der Waals surface area contributed by atoms with Crippen LogP contribution in [-0.2, 0) is 16.0 Å². The lowest BCUT2D eigenvalue weighted by molar-refractivity contribution is -0.385. The number of aliphatic carboxylic acids is 1. The Bertz CT molecular complexity index is 528. The minimum atomic E-state index is -1.29. The van der Waals surface area contributed by atoms with E-state index in [-0.39, 0.29) is 23.2 Å². The third kappa shape index (κ3) is 3.49. The molecule has 0 saturated carbocycles. The maximum Gasteiger partial charge on any atom is 0.337 e. The van der Waals surface area contributed by atoms with Gasteiger partial charge >= 0.3 is 11.9 Å². The number of carbonyl (C=O) groups excluding carboxylic acids is 1. The lowest BCUT2D eigenvalue weighted by atomic mass is 10.0. The van der Waals surface area contributed by atoms with Gasteiger partial charge in [-0.25, -0.2) is 4.79 Å². The molecule has 1 unspecified atom stereocenters. The van der Waals surface area contributed by atoms with Gasteiger partial charge in [0, 0.05) is 18.1 Å². The number of benzene rings is 1. The van der Waals surface area contributed by atoms with E-state index >= 15 is 0 Å². The van der Waals surface area contributed by atoms with Crippen LogP contribution >= 0.6 is 0 Å². The highest BCUT2D eigenvalue weighted by molar-refractivity contribution is 5.90. The van der Waals surface area contributed by atoms with Crippen molar-refractivity contribution >= 4 is 17.6 Å². The van der Waals surface area contributed by atoms with Crippen LogP contribution in [0.25, 0.3) is 0 Å². The predicted molar refractivity (Wildman–Crippen MR) is 63.8 cm³/mol. The average molecular weight is 268 g/mol. The zero-order chi connectivity index (χ0) is 14.6. The summed E-state index contributed by atoms with van der Waals surface area (Å²) in [5.41, 5.74) is 5.22. The molecule has 0 radical (unpaired) electrons. The quantitative estimate of drug-likeness (QED) is 0.446. The van der Waals surface area contributed by atoms with Gasteiger partial charge in [-0.05, 0) is 12.1 Å². The van der Waals surface area contributed by atoms with Gasteiger partial charge in [0.15, 0.2) is 0 Å². The third-order valence-electron chi connectivity index (χ3n) is 2.45. The van der Waals surface area contributed by atoms with E-state index in [4.69, 9.17) is 10.8 Å². The van der Waals surface area contributed by atoms with Crippen LogP contribution in [0.3, 0.4) is 0 Å². The molecule has 102 valence electrons. The van der Waals surface area contributed by atoms with Gasteiger partial charge in [0.1, 0.15) is 6.04 Å². The van der Waals surface area contributed by atoms with Crippen molar-refractivity contribution in [2.24, 2.45) is 5.73 Å². The van der Waals surface area contributed by atoms with Crippen LogP contribution in [-0.4, -0.2) is 35.1 Å². The molecule has 0 aromatic heterocycles. The fourth-order valence-electron chi connectivity index (χ4n) is 1.50. The number of rotatable bonds is 5. The Labute approximate surface area is 107 Å². The Morgan fingerprint density at radius 3 is 2.63 bits per heavy atom. The summed E-state index contributed by atoms with van der Waals surface area (Å²) in [7, 11) is 1.17. The second kappa shape index (κ2) is 5.91. The molecule has 3 N–H and O–H groups in total. The van der Waals surface area contributed by atoms with Crippen LogP contribution in [0.15, 0.2) is 18.2 Å². The van der Waals surface area contributed by atoms with Crippen molar-refractivity contribution in [2.75, 3.05) is 7.11 Å². The van der Waals surface area contributed by atoms with Crippen molar-refractivity contribution in [3.05, 3.63) is 39.4 Å². The van der Waals surface area contributed by atoms with Crippen LogP contribution in [0.4, 0.5) is 5.69 Å². The van der Waals surface area contributed by atoms with Gasteiger partial charge < -0.3 is 15.6 Å². The number of carboxylic acids is 1. The first-order valence-electron chi connectivity index (χ1n) is 5.20. The van der Waals surface area contributed by atoms with E-state index in [9.17, 15) is 19.7 Å². The first kappa shape index (κ1) is 14.6. The number of nitrogens with zero attached hydrogens (tertiary/aromatic N) is 1. The fourth-order valence-corrected chi connectivity index (χ4v) is 1.50. The van der Waals surface area contributed by atoms with Crippen molar-refractivity contribution in [2.45, 2.75) is 12.5 Å². The molecule has 0 aliphatic carbocycles. The first-order chi connectivity index (χ1) is 8.86. The summed E-state index contributed by atoms with van der Waals surface area (Å²) >= 11 is 0. The van der Waals surface area contributed by atoms with Crippen LogP contribution in [0.2, 0.25) is 0 Å². The molecule has 19 heavy (non-hydrogen) atoms. The zero-order valence-electron chi connectivity index (χ0n) is 10.0. The molecule has 1 aromatic rings. The molecule has 0 amide bonds.